The van der Waals surface area contributed by atoms with Crippen LogP contribution in [0.2, 0.25) is 5.02 Å². The van der Waals surface area contributed by atoms with Crippen molar-refractivity contribution >= 4 is 93.3 Å². The lowest BCUT2D eigenvalue weighted by molar-refractivity contribution is -0.255. The maximum Gasteiger partial charge on any atom is 0.424 e. The van der Waals surface area contributed by atoms with Crippen LogP contribution in [0, 0.1) is 5.92 Å². The molecule has 2 unspecified atom stereocenters. The van der Waals surface area contributed by atoms with Crippen molar-refractivity contribution < 1.29 is 86.1 Å². The van der Waals surface area contributed by atoms with E-state index in [0.29, 0.717) is 49.8 Å². The molecule has 0 saturated carbocycles. The van der Waals surface area contributed by atoms with Crippen LogP contribution in [0.3, 0.4) is 0 Å². The van der Waals surface area contributed by atoms with Gasteiger partial charge in [0.25, 0.3) is 5.79 Å². The molecule has 3 aliphatic heterocycles. The molecule has 9 atom stereocenters. The number of hydrogen-bond donors (Lipinski definition) is 5. The van der Waals surface area contributed by atoms with E-state index in [4.69, 9.17) is 66.5 Å². The SMILES string of the molecule is COc1cc2cc(c1Cl)N(C)C(=O)C[C@](OC(=O)C(C)N(C)C(=O)CCOCCOCCNC(=S)NCCNC(=O)CCn1c(CN(C)N(C)C(=O)OCC3c4ccccc4-c4ccccc43)cc3ccccc31)(OC(=O)[C@H](C)N(C)C(C)=O)[C@]1(C)O[C@H]1[C@H](C)[C@@H]1C[C@@](O)(NC(=O)O1)C(OC)/C=C/C=C(\C)C2. The van der Waals surface area contributed by atoms with Crippen LogP contribution in [0.4, 0.5) is 15.3 Å². The van der Waals surface area contributed by atoms with E-state index in [0.717, 1.165) is 54.2 Å². The molecule has 28 nitrogen and oxygen atoms in total. The highest BCUT2D eigenvalue weighted by molar-refractivity contribution is 7.80. The topological polar surface area (TPSA) is 312 Å². The lowest BCUT2D eigenvalue weighted by atomic mass is 9.82. The molecule has 1 aromatic heterocycles. The molecule has 9 rings (SSSR count). The number of amides is 6. The summed E-state index contributed by atoms with van der Waals surface area (Å²) >= 11 is 12.4. The first-order valence-electron chi connectivity index (χ1n) is 35.6. The van der Waals surface area contributed by atoms with Gasteiger partial charge in [-0.3, -0.25) is 24.5 Å². The Morgan fingerprint density at radius 1 is 0.822 bits per heavy atom. The number of ether oxygens (including phenoxy) is 9. The average Bonchev–Trinajstić information content (AvgIpc) is 1.54. The van der Waals surface area contributed by atoms with Gasteiger partial charge < -0.3 is 83.0 Å². The monoisotopic (exact) mass is 1520 g/mol. The zero-order valence-corrected chi connectivity index (χ0v) is 64.5. The number of methoxy groups -OCH3 is 2. The second-order valence-corrected chi connectivity index (χ2v) is 28.3. The van der Waals surface area contributed by atoms with Crippen LogP contribution in [-0.4, -0.2) is 232 Å². The number of thiocarbonyl (C=S) groups is 1. The first-order valence-corrected chi connectivity index (χ1v) is 36.4. The van der Waals surface area contributed by atoms with Gasteiger partial charge in [0.15, 0.2) is 16.4 Å². The van der Waals surface area contributed by atoms with Gasteiger partial charge >= 0.3 is 24.1 Å². The Hall–Kier alpha value is -9.20. The smallest absolute Gasteiger partial charge is 0.424 e. The number of carbonyl (C=O) groups excluding carboxylic acids is 8. The molecule has 4 aliphatic rings. The third-order valence-electron chi connectivity index (χ3n) is 20.4. The number of anilines is 1. The normalized spacial score (nSPS) is 22.6. The van der Waals surface area contributed by atoms with Gasteiger partial charge in [0.2, 0.25) is 23.6 Å². The highest BCUT2D eigenvalue weighted by Crippen LogP contribution is 2.55. The van der Waals surface area contributed by atoms with E-state index in [-0.39, 0.29) is 80.6 Å². The number of aliphatic hydroxyl groups is 1. The van der Waals surface area contributed by atoms with E-state index in [1.54, 1.807) is 49.3 Å². The Balaban J connectivity index is 0.736. The van der Waals surface area contributed by atoms with Gasteiger partial charge in [-0.25, -0.2) is 29.2 Å². The number of aryl methyl sites for hydroxylation is 1. The Kier molecular flexibility index (Phi) is 27.6. The zero-order chi connectivity index (χ0) is 77.7. The highest BCUT2D eigenvalue weighted by atomic mass is 35.5. The summed E-state index contributed by atoms with van der Waals surface area (Å²) in [7, 11) is 10.4. The molecule has 4 aromatic carbocycles. The molecule has 5 N–H and O–H groups in total. The van der Waals surface area contributed by atoms with Crippen LogP contribution in [0.15, 0.2) is 115 Å². The third kappa shape index (κ3) is 19.4. The summed E-state index contributed by atoms with van der Waals surface area (Å²) in [6.07, 6.45) is -0.634. The molecule has 6 amide bonds. The van der Waals surface area contributed by atoms with Crippen molar-refractivity contribution in [3.63, 3.8) is 0 Å². The Labute approximate surface area is 634 Å². The number of epoxide rings is 1. The van der Waals surface area contributed by atoms with Gasteiger partial charge in [-0.1, -0.05) is 109 Å². The highest BCUT2D eigenvalue weighted by Gasteiger charge is 2.74. The molecule has 2 saturated heterocycles. The number of benzene rings is 4. The number of alkyl carbamates (subject to hydrolysis) is 1. The predicted octanol–water partition coefficient (Wildman–Crippen LogP) is 7.53. The molecule has 0 radical (unpaired) electrons. The fourth-order valence-electron chi connectivity index (χ4n) is 13.5. The minimum atomic E-state index is -2.70. The molecular formula is C77H99ClN10O18S. The maximum absolute atomic E-state index is 15.1. The zero-order valence-electron chi connectivity index (χ0n) is 62.9. The summed E-state index contributed by atoms with van der Waals surface area (Å²) < 4.78 is 55.8. The minimum absolute atomic E-state index is 0.0493. The number of para-hydroxylation sites is 1. The molecule has 107 heavy (non-hydrogen) atoms. The van der Waals surface area contributed by atoms with Crippen LogP contribution in [0.25, 0.3) is 22.0 Å². The number of allylic oxidation sites excluding steroid dienone is 3. The number of hydrazine groups is 1. The van der Waals surface area contributed by atoms with Crippen molar-refractivity contribution in [2.45, 2.75) is 140 Å². The summed E-state index contributed by atoms with van der Waals surface area (Å²) in [6, 6.07) is 27.1. The van der Waals surface area contributed by atoms with Crippen LogP contribution in [-0.2, 0) is 86.2 Å². The molecule has 30 heteroatoms. The summed E-state index contributed by atoms with van der Waals surface area (Å²) in [5.74, 6) is -7.69. The Morgan fingerprint density at radius 2 is 1.45 bits per heavy atom. The van der Waals surface area contributed by atoms with E-state index >= 15 is 4.79 Å². The van der Waals surface area contributed by atoms with Crippen molar-refractivity contribution in [2.24, 2.45) is 5.92 Å². The third-order valence-corrected chi connectivity index (χ3v) is 21.1. The molecular weight excluding hydrogens is 1420 g/mol. The number of likely N-dealkylation sites (N-methyl/N-ethyl adjacent to an activating group) is 2. The van der Waals surface area contributed by atoms with Crippen molar-refractivity contribution in [1.82, 2.24) is 45.7 Å². The van der Waals surface area contributed by atoms with Gasteiger partial charge in [0.05, 0.1) is 52.2 Å². The van der Waals surface area contributed by atoms with E-state index < -0.39 is 102 Å². The Bertz CT molecular complexity index is 4110. The summed E-state index contributed by atoms with van der Waals surface area (Å²) in [5.41, 5.74) is 4.13. The fraction of sp³-hybridized carbons (Fsp3) is 0.494. The molecule has 1 aliphatic carbocycles. The summed E-state index contributed by atoms with van der Waals surface area (Å²) in [4.78, 5) is 115. The minimum Gasteiger partial charge on any atom is -0.495 e. The number of nitrogens with zero attached hydrogens (tertiary/aromatic N) is 6. The van der Waals surface area contributed by atoms with Gasteiger partial charge in [0.1, 0.15) is 54.2 Å². The van der Waals surface area contributed by atoms with Crippen LogP contribution in [0.1, 0.15) is 95.5 Å². The van der Waals surface area contributed by atoms with E-state index in [1.807, 2.05) is 62.5 Å². The summed E-state index contributed by atoms with van der Waals surface area (Å²) in [6.45, 7) is 11.4. The molecule has 578 valence electrons. The average molecular weight is 1520 g/mol. The lowest BCUT2D eigenvalue weighted by Crippen LogP contribution is -2.64. The number of hydrogen-bond acceptors (Lipinski definition) is 20. The first-order chi connectivity index (χ1) is 50.9. The molecule has 2 fully saturated rings. The van der Waals surface area contributed by atoms with Crippen molar-refractivity contribution in [2.75, 3.05) is 107 Å². The molecule has 5 aromatic rings. The second-order valence-electron chi connectivity index (χ2n) is 27.5. The van der Waals surface area contributed by atoms with E-state index in [9.17, 15) is 38.7 Å². The second kappa shape index (κ2) is 36.1. The predicted molar refractivity (Wildman–Crippen MR) is 403 cm³/mol. The van der Waals surface area contributed by atoms with Gasteiger partial charge in [-0.15, -0.1) is 0 Å². The quantitative estimate of drug-likeness (QED) is 0.00614. The number of carbonyl (C=O) groups is 8. The molecule has 4 heterocycles. The first kappa shape index (κ1) is 81.9. The van der Waals surface area contributed by atoms with Gasteiger partial charge in [-0.2, -0.15) is 0 Å². The van der Waals surface area contributed by atoms with Crippen molar-refractivity contribution in [3.05, 3.63) is 142 Å². The molecule has 4 bridgehead atoms. The number of halogens is 1. The summed E-state index contributed by atoms with van der Waals surface area (Å²) in [5, 5.41) is 28.4. The number of esters is 2. The van der Waals surface area contributed by atoms with Crippen molar-refractivity contribution in [1.29, 1.82) is 0 Å². The fourth-order valence-corrected chi connectivity index (χ4v) is 14.0. The Morgan fingerprint density at radius 3 is 2.11 bits per heavy atom. The standard InChI is InChI=1S/C77H99ClN10O18S/c1-47-21-20-28-64(99-13)76(97)43-63(103-73(95)82-76)48(2)69-75(6,104-69)77(105-70(93)49(3)84(8)51(5)89,44-67(92)86(10)61-40-52(39-47)41-62(98-12)68(61)78)106-71(94)50(4)85(9)66(91)30-35-100-37-38-101-36-33-81-72(107)80-32-31-79-65(90)29-34-88-54(42-53-22-14-19-27-60(53)88)45-83(7)87(11)74(96)102-46-59-57-25-17-15-23-55(57)56-24-16-18-26-58(56)59/h14-28,40-42,48-50,59,63-64,69,97H,29-39,43-46H2,1-13H3,(H,79,90)(H,82,95)(H2,80,81,107)/b28-20+,47-21+/t48-,49+,50?,63+,64?,69+,75-,76+,77-/m1/s1. The lowest BCUT2D eigenvalue weighted by Gasteiger charge is -2.42. The molecule has 0 spiro atoms. The van der Waals surface area contributed by atoms with E-state index in [2.05, 4.69) is 56.2 Å². The van der Waals surface area contributed by atoms with E-state index in [1.165, 1.54) is 73.0 Å². The van der Waals surface area contributed by atoms with Crippen molar-refractivity contribution in [3.8, 4) is 16.9 Å². The maximum atomic E-state index is 15.1. The largest absolute Gasteiger partial charge is 0.495 e. The van der Waals surface area contributed by atoms with Crippen LogP contribution >= 0.6 is 23.8 Å². The number of nitrogens with one attached hydrogen (secondary N) is 4. The number of rotatable bonds is 28. The van der Waals surface area contributed by atoms with Crippen LogP contribution in [0.5, 0.6) is 5.75 Å². The van der Waals surface area contributed by atoms with Gasteiger partial charge in [-0.05, 0) is 104 Å². The number of aromatic nitrogens is 1. The number of fused-ring (bicyclic) bond motifs is 9. The van der Waals surface area contributed by atoms with Gasteiger partial charge in [0, 0.05) is 111 Å². The van der Waals surface area contributed by atoms with Crippen LogP contribution < -0.4 is 30.9 Å².